The summed E-state index contributed by atoms with van der Waals surface area (Å²) in [6, 6.07) is 9.62. The first-order valence-electron chi connectivity index (χ1n) is 9.21. The number of nitrogens with zero attached hydrogens (tertiary/aromatic N) is 5. The predicted octanol–water partition coefficient (Wildman–Crippen LogP) is 2.75. The molecule has 0 spiro atoms. The van der Waals surface area contributed by atoms with Crippen molar-refractivity contribution in [1.29, 1.82) is 0 Å². The van der Waals surface area contributed by atoms with E-state index in [0.717, 1.165) is 29.9 Å². The van der Waals surface area contributed by atoms with Gasteiger partial charge in [-0.05, 0) is 31.2 Å². The van der Waals surface area contributed by atoms with Crippen molar-refractivity contribution in [3.63, 3.8) is 0 Å². The van der Waals surface area contributed by atoms with Crippen molar-refractivity contribution in [2.75, 3.05) is 38.2 Å². The van der Waals surface area contributed by atoms with Gasteiger partial charge in [-0.2, -0.15) is 5.10 Å². The van der Waals surface area contributed by atoms with E-state index in [9.17, 15) is 4.79 Å². The number of halogens is 1. The van der Waals surface area contributed by atoms with Gasteiger partial charge < -0.3 is 14.5 Å². The Kier molecular flexibility index (Phi) is 5.09. The summed E-state index contributed by atoms with van der Waals surface area (Å²) in [4.78, 5) is 21.2. The van der Waals surface area contributed by atoms with Gasteiger partial charge in [0, 0.05) is 55.2 Å². The summed E-state index contributed by atoms with van der Waals surface area (Å²) in [5.41, 5.74) is 2.69. The van der Waals surface area contributed by atoms with Crippen molar-refractivity contribution in [1.82, 2.24) is 19.7 Å². The summed E-state index contributed by atoms with van der Waals surface area (Å²) < 4.78 is 7.05. The molecule has 3 aromatic rings. The number of methoxy groups -OCH3 is 1. The summed E-state index contributed by atoms with van der Waals surface area (Å²) in [5, 5.41) is 6.04. The highest BCUT2D eigenvalue weighted by molar-refractivity contribution is 6.32. The Morgan fingerprint density at radius 1 is 1.21 bits per heavy atom. The van der Waals surface area contributed by atoms with Crippen LogP contribution in [0.3, 0.4) is 0 Å². The molecule has 1 saturated heterocycles. The summed E-state index contributed by atoms with van der Waals surface area (Å²) in [7, 11) is 1.61. The van der Waals surface area contributed by atoms with Gasteiger partial charge in [0.25, 0.3) is 0 Å². The molecule has 8 heteroatoms. The third-order valence-corrected chi connectivity index (χ3v) is 5.51. The first-order valence-corrected chi connectivity index (χ1v) is 9.59. The van der Waals surface area contributed by atoms with E-state index in [1.54, 1.807) is 18.0 Å². The largest absolute Gasteiger partial charge is 0.495 e. The van der Waals surface area contributed by atoms with Crippen molar-refractivity contribution >= 4 is 34.2 Å². The number of carbonyl (C=O) groups excluding carboxylic acids is 1. The van der Waals surface area contributed by atoms with E-state index in [2.05, 4.69) is 15.0 Å². The molecule has 0 unspecified atom stereocenters. The fourth-order valence-electron chi connectivity index (χ4n) is 3.53. The number of rotatable bonds is 4. The number of carbonyl (C=O) groups is 1. The number of benzene rings is 1. The molecule has 1 aromatic carbocycles. The summed E-state index contributed by atoms with van der Waals surface area (Å²) in [6.07, 6.45) is 1.71. The Morgan fingerprint density at radius 2 is 2.00 bits per heavy atom. The zero-order valence-electron chi connectivity index (χ0n) is 15.9. The maximum Gasteiger partial charge on any atom is 0.244 e. The van der Waals surface area contributed by atoms with Gasteiger partial charge >= 0.3 is 0 Å². The van der Waals surface area contributed by atoms with E-state index in [1.165, 1.54) is 0 Å². The van der Waals surface area contributed by atoms with E-state index >= 15 is 0 Å². The topological polar surface area (TPSA) is 63.5 Å². The lowest BCUT2D eigenvalue weighted by Gasteiger charge is -2.36. The number of pyridine rings is 1. The van der Waals surface area contributed by atoms with Crippen LogP contribution < -0.4 is 9.64 Å². The van der Waals surface area contributed by atoms with Crippen LogP contribution in [0, 0.1) is 6.92 Å². The van der Waals surface area contributed by atoms with Gasteiger partial charge in [-0.15, -0.1) is 0 Å². The zero-order valence-corrected chi connectivity index (χ0v) is 16.7. The van der Waals surface area contributed by atoms with Crippen LogP contribution in [0.2, 0.25) is 5.02 Å². The Bertz CT molecular complexity index is 1010. The highest BCUT2D eigenvalue weighted by atomic mass is 35.5. The lowest BCUT2D eigenvalue weighted by Crippen LogP contribution is -2.49. The van der Waals surface area contributed by atoms with Crippen molar-refractivity contribution < 1.29 is 9.53 Å². The molecule has 28 heavy (non-hydrogen) atoms. The molecule has 1 amide bonds. The maximum atomic E-state index is 12.8. The van der Waals surface area contributed by atoms with Gasteiger partial charge in [-0.25, -0.2) is 4.98 Å². The molecule has 0 bridgehead atoms. The van der Waals surface area contributed by atoms with Crippen LogP contribution in [0.1, 0.15) is 5.69 Å². The number of aromatic nitrogens is 3. The minimum atomic E-state index is 0.0734. The molecule has 0 N–H and O–H groups in total. The number of hydrogen-bond acceptors (Lipinski definition) is 5. The average Bonchev–Trinajstić information content (AvgIpc) is 3.04. The monoisotopic (exact) mass is 399 g/mol. The van der Waals surface area contributed by atoms with Crippen molar-refractivity contribution in [3.05, 3.63) is 47.2 Å². The van der Waals surface area contributed by atoms with Crippen molar-refractivity contribution in [2.45, 2.75) is 13.5 Å². The number of aryl methyl sites for hydroxylation is 1. The van der Waals surface area contributed by atoms with E-state index < -0.39 is 0 Å². The smallest absolute Gasteiger partial charge is 0.244 e. The minimum absolute atomic E-state index is 0.0734. The maximum absolute atomic E-state index is 12.8. The molecule has 1 fully saturated rings. The molecule has 1 aliphatic rings. The molecular formula is C20H22ClN5O2. The molecule has 0 atom stereocenters. The molecule has 2 aromatic heterocycles. The van der Waals surface area contributed by atoms with Crippen LogP contribution in [-0.4, -0.2) is 58.9 Å². The lowest BCUT2D eigenvalue weighted by molar-refractivity contribution is -0.132. The molecule has 4 rings (SSSR count). The van der Waals surface area contributed by atoms with Crippen LogP contribution in [-0.2, 0) is 11.3 Å². The molecular weight excluding hydrogens is 378 g/mol. The van der Waals surface area contributed by atoms with Crippen LogP contribution in [0.4, 0.5) is 5.69 Å². The minimum Gasteiger partial charge on any atom is -0.495 e. The highest BCUT2D eigenvalue weighted by Gasteiger charge is 2.23. The second-order valence-corrected chi connectivity index (χ2v) is 7.21. The second-order valence-electron chi connectivity index (χ2n) is 6.80. The molecule has 146 valence electrons. The normalized spacial score (nSPS) is 14.5. The van der Waals surface area contributed by atoms with Gasteiger partial charge in [0.15, 0.2) is 5.65 Å². The zero-order chi connectivity index (χ0) is 19.7. The van der Waals surface area contributed by atoms with Gasteiger partial charge in [0.1, 0.15) is 12.3 Å². The van der Waals surface area contributed by atoms with Gasteiger partial charge in [-0.3, -0.25) is 9.48 Å². The third kappa shape index (κ3) is 3.49. The molecule has 3 heterocycles. The fraction of sp³-hybridized carbons (Fsp3) is 0.350. The summed E-state index contributed by atoms with van der Waals surface area (Å²) >= 11 is 6.11. The van der Waals surface area contributed by atoms with E-state index in [-0.39, 0.29) is 12.5 Å². The van der Waals surface area contributed by atoms with E-state index in [4.69, 9.17) is 16.3 Å². The van der Waals surface area contributed by atoms with Gasteiger partial charge in [-0.1, -0.05) is 11.6 Å². The second kappa shape index (κ2) is 7.67. The molecule has 1 aliphatic heterocycles. The number of hydrogen-bond donors (Lipinski definition) is 0. The van der Waals surface area contributed by atoms with Crippen LogP contribution in [0.5, 0.6) is 5.75 Å². The summed E-state index contributed by atoms with van der Waals surface area (Å²) in [6.45, 7) is 5.06. The van der Waals surface area contributed by atoms with Gasteiger partial charge in [0.2, 0.25) is 5.91 Å². The molecule has 7 nitrogen and oxygen atoms in total. The SMILES string of the molecule is COc1cc(N2CCN(C(=O)Cn3nc4ncccc4c3C)CC2)ccc1Cl. The number of ether oxygens (including phenoxy) is 1. The average molecular weight is 400 g/mol. The van der Waals surface area contributed by atoms with Crippen LogP contribution >= 0.6 is 11.6 Å². The van der Waals surface area contributed by atoms with Crippen LogP contribution in [0.15, 0.2) is 36.5 Å². The van der Waals surface area contributed by atoms with E-state index in [0.29, 0.717) is 29.5 Å². The Morgan fingerprint density at radius 3 is 2.71 bits per heavy atom. The number of amides is 1. The standard InChI is InChI=1S/C20H22ClN5O2/c1-14-16-4-3-7-22-20(16)23-26(14)13-19(27)25-10-8-24(9-11-25)15-5-6-17(21)18(12-15)28-2/h3-7,12H,8-11,13H2,1-2H3. The summed E-state index contributed by atoms with van der Waals surface area (Å²) in [5.74, 6) is 0.733. The third-order valence-electron chi connectivity index (χ3n) is 5.20. The van der Waals surface area contributed by atoms with Crippen molar-refractivity contribution in [2.24, 2.45) is 0 Å². The quantitative estimate of drug-likeness (QED) is 0.675. The van der Waals surface area contributed by atoms with Crippen LogP contribution in [0.25, 0.3) is 11.0 Å². The molecule has 0 aliphatic carbocycles. The van der Waals surface area contributed by atoms with Crippen molar-refractivity contribution in [3.8, 4) is 5.75 Å². The molecule has 0 saturated carbocycles. The first-order chi connectivity index (χ1) is 13.6. The Hall–Kier alpha value is -2.80. The number of piperazine rings is 1. The first kappa shape index (κ1) is 18.6. The number of anilines is 1. The fourth-order valence-corrected chi connectivity index (χ4v) is 3.72. The Labute approximate surface area is 168 Å². The van der Waals surface area contributed by atoms with Gasteiger partial charge in [0.05, 0.1) is 12.1 Å². The molecule has 0 radical (unpaired) electrons. The predicted molar refractivity (Wildman–Crippen MR) is 109 cm³/mol. The van der Waals surface area contributed by atoms with E-state index in [1.807, 2.05) is 42.2 Å². The Balaban J connectivity index is 1.40. The number of fused-ring (bicyclic) bond motifs is 1. The lowest BCUT2D eigenvalue weighted by atomic mass is 10.2. The highest BCUT2D eigenvalue weighted by Crippen LogP contribution is 2.29.